The van der Waals surface area contributed by atoms with Crippen LogP contribution in [0.15, 0.2) is 6.07 Å². The fourth-order valence-corrected chi connectivity index (χ4v) is 3.13. The molecule has 98 valence electrons. The molecule has 2 rings (SSSR count). The Balaban J connectivity index is 2.21. The first-order valence-electron chi connectivity index (χ1n) is 6.03. The van der Waals surface area contributed by atoms with Gasteiger partial charge in [0.1, 0.15) is 10.6 Å². The summed E-state index contributed by atoms with van der Waals surface area (Å²) in [6.45, 7) is 3.07. The smallest absolute Gasteiger partial charge is 0.223 e. The zero-order chi connectivity index (χ0) is 13.0. The molecule has 0 aliphatic rings. The van der Waals surface area contributed by atoms with Crippen LogP contribution in [0.4, 0.5) is 11.8 Å². The van der Waals surface area contributed by atoms with Crippen LogP contribution in [-0.2, 0) is 6.42 Å². The Morgan fingerprint density at radius 3 is 3.00 bits per heavy atom. The predicted molar refractivity (Wildman–Crippen MR) is 82.7 cm³/mol. The van der Waals surface area contributed by atoms with Crippen molar-refractivity contribution < 1.29 is 0 Å². The van der Waals surface area contributed by atoms with Crippen molar-refractivity contribution in [1.82, 2.24) is 9.97 Å². The highest BCUT2D eigenvalue weighted by molar-refractivity contribution is 7.98. The fraction of sp³-hybridized carbons (Fsp3) is 0.500. The Kier molecular flexibility index (Phi) is 4.66. The van der Waals surface area contributed by atoms with Crippen molar-refractivity contribution in [3.05, 3.63) is 10.9 Å². The molecule has 0 unspecified atom stereocenters. The number of anilines is 2. The lowest BCUT2D eigenvalue weighted by atomic mass is 10.3. The van der Waals surface area contributed by atoms with Gasteiger partial charge >= 0.3 is 0 Å². The summed E-state index contributed by atoms with van der Waals surface area (Å²) in [4.78, 5) is 10.9. The van der Waals surface area contributed by atoms with E-state index in [2.05, 4.69) is 34.5 Å². The van der Waals surface area contributed by atoms with Gasteiger partial charge in [0, 0.05) is 11.4 Å². The minimum absolute atomic E-state index is 0.347. The van der Waals surface area contributed by atoms with E-state index in [0.29, 0.717) is 5.95 Å². The summed E-state index contributed by atoms with van der Waals surface area (Å²) in [5.41, 5.74) is 5.75. The molecule has 0 fully saturated rings. The van der Waals surface area contributed by atoms with Gasteiger partial charge in [0.15, 0.2) is 0 Å². The van der Waals surface area contributed by atoms with E-state index in [-0.39, 0.29) is 0 Å². The van der Waals surface area contributed by atoms with Gasteiger partial charge in [0.05, 0.1) is 5.39 Å². The van der Waals surface area contributed by atoms with Gasteiger partial charge in [-0.3, -0.25) is 0 Å². The number of nitrogens with two attached hydrogens (primary N) is 1. The number of nitrogens with zero attached hydrogens (tertiary/aromatic N) is 2. The number of fused-ring (bicyclic) bond motifs is 1. The molecule has 0 spiro atoms. The van der Waals surface area contributed by atoms with Gasteiger partial charge in [-0.05, 0) is 30.9 Å². The molecule has 4 nitrogen and oxygen atoms in total. The van der Waals surface area contributed by atoms with Crippen molar-refractivity contribution in [1.29, 1.82) is 0 Å². The van der Waals surface area contributed by atoms with E-state index < -0.39 is 0 Å². The van der Waals surface area contributed by atoms with Gasteiger partial charge < -0.3 is 11.1 Å². The first kappa shape index (κ1) is 13.4. The van der Waals surface area contributed by atoms with Gasteiger partial charge in [-0.1, -0.05) is 6.92 Å². The fourth-order valence-electron chi connectivity index (χ4n) is 1.72. The number of nitrogens with one attached hydrogen (secondary N) is 1. The summed E-state index contributed by atoms with van der Waals surface area (Å²) in [6.07, 6.45) is 4.26. The lowest BCUT2D eigenvalue weighted by Gasteiger charge is -2.06. The van der Waals surface area contributed by atoms with Gasteiger partial charge in [0.2, 0.25) is 5.95 Å². The maximum atomic E-state index is 5.75. The summed E-state index contributed by atoms with van der Waals surface area (Å²) >= 11 is 3.55. The Labute approximate surface area is 115 Å². The second-order valence-electron chi connectivity index (χ2n) is 3.99. The molecule has 0 amide bonds. The first-order valence-corrected chi connectivity index (χ1v) is 8.24. The van der Waals surface area contributed by atoms with Crippen LogP contribution in [0.25, 0.3) is 10.2 Å². The molecule has 3 N–H and O–H groups in total. The van der Waals surface area contributed by atoms with E-state index in [4.69, 9.17) is 5.73 Å². The molecule has 0 atom stereocenters. The van der Waals surface area contributed by atoms with Crippen LogP contribution in [0.2, 0.25) is 0 Å². The SMILES string of the molecule is CCc1cc2c(NCCCSC)nc(N)nc2s1. The lowest BCUT2D eigenvalue weighted by Crippen LogP contribution is -2.06. The highest BCUT2D eigenvalue weighted by Gasteiger charge is 2.09. The molecule has 2 heterocycles. The molecule has 0 bridgehead atoms. The second-order valence-corrected chi connectivity index (χ2v) is 6.09. The average molecular weight is 282 g/mol. The van der Waals surface area contributed by atoms with Crippen LogP contribution in [0.5, 0.6) is 0 Å². The number of aromatic nitrogens is 2. The number of hydrogen-bond acceptors (Lipinski definition) is 6. The minimum Gasteiger partial charge on any atom is -0.369 e. The number of aryl methyl sites for hydroxylation is 1. The highest BCUT2D eigenvalue weighted by Crippen LogP contribution is 2.29. The Bertz CT molecular complexity index is 524. The number of hydrogen-bond donors (Lipinski definition) is 2. The van der Waals surface area contributed by atoms with Crippen LogP contribution < -0.4 is 11.1 Å². The Morgan fingerprint density at radius 1 is 1.44 bits per heavy atom. The Morgan fingerprint density at radius 2 is 2.28 bits per heavy atom. The molecule has 0 saturated carbocycles. The number of nitrogen functional groups attached to an aromatic ring is 1. The largest absolute Gasteiger partial charge is 0.369 e. The first-order chi connectivity index (χ1) is 8.74. The van der Waals surface area contributed by atoms with E-state index in [9.17, 15) is 0 Å². The van der Waals surface area contributed by atoms with Crippen LogP contribution in [0.3, 0.4) is 0 Å². The van der Waals surface area contributed by atoms with E-state index >= 15 is 0 Å². The summed E-state index contributed by atoms with van der Waals surface area (Å²) in [5, 5.41) is 4.46. The quantitative estimate of drug-likeness (QED) is 0.797. The summed E-state index contributed by atoms with van der Waals surface area (Å²) in [5.74, 6) is 2.37. The Hall–Kier alpha value is -1.01. The highest BCUT2D eigenvalue weighted by atomic mass is 32.2. The van der Waals surface area contributed by atoms with Crippen molar-refractivity contribution in [2.24, 2.45) is 0 Å². The molecule has 0 aliphatic carbocycles. The molecule has 6 heteroatoms. The zero-order valence-corrected chi connectivity index (χ0v) is 12.3. The summed E-state index contributed by atoms with van der Waals surface area (Å²) in [6, 6.07) is 2.16. The number of thioether (sulfide) groups is 1. The topological polar surface area (TPSA) is 63.8 Å². The molecular formula is C12H18N4S2. The van der Waals surface area contributed by atoms with E-state index in [1.807, 2.05) is 11.8 Å². The van der Waals surface area contributed by atoms with Crippen molar-refractivity contribution in [2.45, 2.75) is 19.8 Å². The van der Waals surface area contributed by atoms with Crippen LogP contribution in [0.1, 0.15) is 18.2 Å². The zero-order valence-electron chi connectivity index (χ0n) is 10.7. The normalized spacial score (nSPS) is 11.0. The minimum atomic E-state index is 0.347. The lowest BCUT2D eigenvalue weighted by molar-refractivity contribution is 0.983. The molecule has 18 heavy (non-hydrogen) atoms. The van der Waals surface area contributed by atoms with Crippen molar-refractivity contribution in [3.8, 4) is 0 Å². The van der Waals surface area contributed by atoms with Crippen molar-refractivity contribution in [2.75, 3.05) is 29.6 Å². The summed E-state index contributed by atoms with van der Waals surface area (Å²) < 4.78 is 0. The van der Waals surface area contributed by atoms with Crippen molar-refractivity contribution in [3.63, 3.8) is 0 Å². The maximum Gasteiger partial charge on any atom is 0.223 e. The predicted octanol–water partition coefficient (Wildman–Crippen LogP) is 3.00. The number of thiophene rings is 1. The average Bonchev–Trinajstić information content (AvgIpc) is 2.77. The molecule has 2 aromatic rings. The molecule has 0 radical (unpaired) electrons. The van der Waals surface area contributed by atoms with Crippen LogP contribution in [-0.4, -0.2) is 28.5 Å². The molecular weight excluding hydrogens is 264 g/mol. The standard InChI is InChI=1S/C12H18N4S2/c1-3-8-7-9-10(14-5-4-6-17-2)15-12(13)16-11(9)18-8/h7H,3-6H2,1-2H3,(H3,13,14,15,16). The maximum absolute atomic E-state index is 5.75. The third-order valence-corrected chi connectivity index (χ3v) is 4.50. The van der Waals surface area contributed by atoms with Gasteiger partial charge in [0.25, 0.3) is 0 Å². The van der Waals surface area contributed by atoms with E-state index in [1.165, 1.54) is 4.88 Å². The summed E-state index contributed by atoms with van der Waals surface area (Å²) in [7, 11) is 0. The molecule has 0 aliphatic heterocycles. The molecule has 2 aromatic heterocycles. The van der Waals surface area contributed by atoms with Crippen LogP contribution >= 0.6 is 23.1 Å². The number of rotatable bonds is 6. The van der Waals surface area contributed by atoms with E-state index in [0.717, 1.165) is 41.2 Å². The monoisotopic (exact) mass is 282 g/mol. The second kappa shape index (κ2) is 6.24. The molecule has 0 aromatic carbocycles. The van der Waals surface area contributed by atoms with Gasteiger partial charge in [-0.15, -0.1) is 11.3 Å². The van der Waals surface area contributed by atoms with Gasteiger partial charge in [-0.25, -0.2) is 4.98 Å². The van der Waals surface area contributed by atoms with Crippen LogP contribution in [0, 0.1) is 0 Å². The van der Waals surface area contributed by atoms with Gasteiger partial charge in [-0.2, -0.15) is 16.7 Å². The third kappa shape index (κ3) is 3.05. The van der Waals surface area contributed by atoms with E-state index in [1.54, 1.807) is 11.3 Å². The molecule has 0 saturated heterocycles. The van der Waals surface area contributed by atoms with Crippen molar-refractivity contribution >= 4 is 45.1 Å². The third-order valence-electron chi connectivity index (χ3n) is 2.63.